The van der Waals surface area contributed by atoms with E-state index in [0.717, 1.165) is 0 Å². The van der Waals surface area contributed by atoms with Gasteiger partial charge >= 0.3 is 5.97 Å². The second kappa shape index (κ2) is 3.84. The molecule has 0 aliphatic carbocycles. The molecule has 0 amide bonds. The highest BCUT2D eigenvalue weighted by Gasteiger charge is 2.19. The molecule has 84 valence electrons. The van der Waals surface area contributed by atoms with Crippen molar-refractivity contribution in [1.82, 2.24) is 4.98 Å². The Morgan fingerprint density at radius 1 is 1.56 bits per heavy atom. The molecule has 0 saturated heterocycles. The van der Waals surface area contributed by atoms with Crippen molar-refractivity contribution in [1.29, 1.82) is 0 Å². The largest absolute Gasteiger partial charge is 0.462 e. The van der Waals surface area contributed by atoms with Gasteiger partial charge in [-0.05, 0) is 13.0 Å². The smallest absolute Gasteiger partial charge is 0.342 e. The van der Waals surface area contributed by atoms with E-state index >= 15 is 0 Å². The normalized spacial score (nSPS) is 10.6. The number of esters is 1. The molecule has 2 rings (SSSR count). The Morgan fingerprint density at radius 3 is 3.00 bits per heavy atom. The van der Waals surface area contributed by atoms with Crippen molar-refractivity contribution < 1.29 is 13.9 Å². The molecule has 1 aromatic heterocycles. The Morgan fingerprint density at radius 2 is 2.31 bits per heavy atom. The van der Waals surface area contributed by atoms with Gasteiger partial charge in [-0.3, -0.25) is 0 Å². The summed E-state index contributed by atoms with van der Waals surface area (Å²) in [5.74, 6) is -0.866. The molecule has 4 nitrogen and oxygen atoms in total. The Balaban J connectivity index is 2.65. The number of halogens is 1. The fourth-order valence-electron chi connectivity index (χ4n) is 1.62. The highest BCUT2D eigenvalue weighted by Crippen LogP contribution is 2.26. The number of carbonyl (C=O) groups is 1. The van der Waals surface area contributed by atoms with Crippen molar-refractivity contribution in [3.8, 4) is 0 Å². The summed E-state index contributed by atoms with van der Waals surface area (Å²) < 4.78 is 18.2. The van der Waals surface area contributed by atoms with E-state index in [1.165, 1.54) is 12.1 Å². The Bertz CT molecular complexity index is 548. The first kappa shape index (κ1) is 10.5. The van der Waals surface area contributed by atoms with Gasteiger partial charge in [0.15, 0.2) is 0 Å². The topological polar surface area (TPSA) is 68.1 Å². The zero-order chi connectivity index (χ0) is 11.7. The SMILES string of the molecule is CCOC(=O)c1c(N)[nH]c2c(F)cccc12. The van der Waals surface area contributed by atoms with Crippen LogP contribution in [-0.4, -0.2) is 17.6 Å². The van der Waals surface area contributed by atoms with E-state index in [9.17, 15) is 9.18 Å². The summed E-state index contributed by atoms with van der Waals surface area (Å²) in [6.07, 6.45) is 0. The van der Waals surface area contributed by atoms with Crippen molar-refractivity contribution in [2.45, 2.75) is 6.92 Å². The number of rotatable bonds is 2. The molecular formula is C11H11FN2O2. The number of H-pyrrole nitrogens is 1. The van der Waals surface area contributed by atoms with E-state index in [2.05, 4.69) is 4.98 Å². The molecule has 0 fully saturated rings. The summed E-state index contributed by atoms with van der Waals surface area (Å²) in [4.78, 5) is 14.2. The van der Waals surface area contributed by atoms with Crippen molar-refractivity contribution in [3.05, 3.63) is 29.6 Å². The van der Waals surface area contributed by atoms with Crippen molar-refractivity contribution in [3.63, 3.8) is 0 Å². The lowest BCUT2D eigenvalue weighted by molar-refractivity contribution is 0.0530. The number of anilines is 1. The van der Waals surface area contributed by atoms with Crippen LogP contribution in [0.25, 0.3) is 10.9 Å². The van der Waals surface area contributed by atoms with Crippen LogP contribution in [0.2, 0.25) is 0 Å². The average Bonchev–Trinajstić information content (AvgIpc) is 2.56. The molecule has 1 aromatic carbocycles. The third-order valence-corrected chi connectivity index (χ3v) is 2.29. The van der Waals surface area contributed by atoms with Crippen molar-refractivity contribution in [2.75, 3.05) is 12.3 Å². The fourth-order valence-corrected chi connectivity index (χ4v) is 1.62. The third kappa shape index (κ3) is 1.50. The molecule has 0 atom stereocenters. The van der Waals surface area contributed by atoms with Gasteiger partial charge in [0.1, 0.15) is 17.2 Å². The van der Waals surface area contributed by atoms with Gasteiger partial charge in [-0.2, -0.15) is 0 Å². The number of nitrogens with two attached hydrogens (primary N) is 1. The van der Waals surface area contributed by atoms with Gasteiger partial charge in [-0.25, -0.2) is 9.18 Å². The molecule has 3 N–H and O–H groups in total. The van der Waals surface area contributed by atoms with Crippen LogP contribution in [0, 0.1) is 5.82 Å². The van der Waals surface area contributed by atoms with Crippen LogP contribution in [-0.2, 0) is 4.74 Å². The summed E-state index contributed by atoms with van der Waals surface area (Å²) >= 11 is 0. The number of aromatic amines is 1. The maximum atomic E-state index is 13.4. The van der Waals surface area contributed by atoms with E-state index in [-0.39, 0.29) is 23.5 Å². The molecule has 0 spiro atoms. The molecule has 0 aliphatic rings. The number of carbonyl (C=O) groups excluding carboxylic acids is 1. The van der Waals surface area contributed by atoms with Crippen LogP contribution in [0.15, 0.2) is 18.2 Å². The zero-order valence-electron chi connectivity index (χ0n) is 8.71. The predicted molar refractivity (Wildman–Crippen MR) is 58.6 cm³/mol. The van der Waals surface area contributed by atoms with E-state index in [1.807, 2.05) is 0 Å². The Hall–Kier alpha value is -2.04. The average molecular weight is 222 g/mol. The lowest BCUT2D eigenvalue weighted by atomic mass is 10.1. The summed E-state index contributed by atoms with van der Waals surface area (Å²) in [5, 5.41) is 0.441. The van der Waals surface area contributed by atoms with E-state index < -0.39 is 11.8 Å². The number of fused-ring (bicyclic) bond motifs is 1. The maximum Gasteiger partial charge on any atom is 0.342 e. The Labute approximate surface area is 91.2 Å². The molecule has 1 heterocycles. The number of para-hydroxylation sites is 1. The molecule has 0 bridgehead atoms. The number of aromatic nitrogens is 1. The standard InChI is InChI=1S/C11H11FN2O2/c1-2-16-11(15)8-6-4-3-5-7(12)9(6)14-10(8)13/h3-5,14H,2,13H2,1H3. The summed E-state index contributed by atoms with van der Waals surface area (Å²) in [6.45, 7) is 1.95. The first-order valence-corrected chi connectivity index (χ1v) is 4.88. The third-order valence-electron chi connectivity index (χ3n) is 2.29. The molecule has 16 heavy (non-hydrogen) atoms. The lowest BCUT2D eigenvalue weighted by Gasteiger charge is -2.00. The van der Waals surface area contributed by atoms with Crippen LogP contribution >= 0.6 is 0 Å². The molecule has 0 aliphatic heterocycles. The van der Waals surface area contributed by atoms with Crippen LogP contribution in [0.4, 0.5) is 10.2 Å². The van der Waals surface area contributed by atoms with Crippen molar-refractivity contribution in [2.24, 2.45) is 0 Å². The van der Waals surface area contributed by atoms with Gasteiger partial charge in [0.2, 0.25) is 0 Å². The first-order chi connectivity index (χ1) is 7.65. The molecule has 2 aromatic rings. The van der Waals surface area contributed by atoms with Gasteiger partial charge in [0, 0.05) is 5.39 Å². The van der Waals surface area contributed by atoms with Crippen LogP contribution in [0.3, 0.4) is 0 Å². The number of nitrogen functional groups attached to an aromatic ring is 1. The zero-order valence-corrected chi connectivity index (χ0v) is 8.71. The molecular weight excluding hydrogens is 211 g/mol. The molecule has 0 radical (unpaired) electrons. The first-order valence-electron chi connectivity index (χ1n) is 4.88. The number of hydrogen-bond donors (Lipinski definition) is 2. The molecule has 0 saturated carbocycles. The molecule has 0 unspecified atom stereocenters. The number of hydrogen-bond acceptors (Lipinski definition) is 3. The summed E-state index contributed by atoms with van der Waals surface area (Å²) in [7, 11) is 0. The summed E-state index contributed by atoms with van der Waals surface area (Å²) in [5.41, 5.74) is 6.05. The van der Waals surface area contributed by atoms with E-state index in [4.69, 9.17) is 10.5 Å². The Kier molecular flexibility index (Phi) is 2.52. The van der Waals surface area contributed by atoms with Gasteiger partial charge in [-0.15, -0.1) is 0 Å². The maximum absolute atomic E-state index is 13.4. The fraction of sp³-hybridized carbons (Fsp3) is 0.182. The summed E-state index contributed by atoms with van der Waals surface area (Å²) in [6, 6.07) is 4.44. The van der Waals surface area contributed by atoms with E-state index in [1.54, 1.807) is 13.0 Å². The highest BCUT2D eigenvalue weighted by atomic mass is 19.1. The van der Waals surface area contributed by atoms with Gasteiger partial charge in [-0.1, -0.05) is 12.1 Å². The predicted octanol–water partition coefficient (Wildman–Crippen LogP) is 2.07. The second-order valence-electron chi connectivity index (χ2n) is 3.30. The highest BCUT2D eigenvalue weighted by molar-refractivity contribution is 6.08. The lowest BCUT2D eigenvalue weighted by Crippen LogP contribution is -2.06. The molecule has 5 heteroatoms. The minimum Gasteiger partial charge on any atom is -0.462 e. The van der Waals surface area contributed by atoms with Gasteiger partial charge in [0.25, 0.3) is 0 Å². The number of nitrogens with one attached hydrogen (secondary N) is 1. The van der Waals surface area contributed by atoms with Crippen LogP contribution in [0.5, 0.6) is 0 Å². The second-order valence-corrected chi connectivity index (χ2v) is 3.30. The number of benzene rings is 1. The monoisotopic (exact) mass is 222 g/mol. The quantitative estimate of drug-likeness (QED) is 0.764. The van der Waals surface area contributed by atoms with Crippen molar-refractivity contribution >= 4 is 22.7 Å². The van der Waals surface area contributed by atoms with E-state index in [0.29, 0.717) is 5.39 Å². The van der Waals surface area contributed by atoms with Gasteiger partial charge in [0.05, 0.1) is 12.1 Å². The van der Waals surface area contributed by atoms with Crippen LogP contribution in [0.1, 0.15) is 17.3 Å². The van der Waals surface area contributed by atoms with Crippen LogP contribution < -0.4 is 5.73 Å². The number of ether oxygens (including phenoxy) is 1. The minimum absolute atomic E-state index is 0.124. The van der Waals surface area contributed by atoms with Gasteiger partial charge < -0.3 is 15.5 Å². The minimum atomic E-state index is -0.545.